The van der Waals surface area contributed by atoms with Crippen molar-refractivity contribution >= 4 is 17.7 Å². The second kappa shape index (κ2) is 7.90. The molecule has 0 unspecified atom stereocenters. The highest BCUT2D eigenvalue weighted by atomic mass is 32.2. The summed E-state index contributed by atoms with van der Waals surface area (Å²) in [5.41, 5.74) is 3.39. The summed E-state index contributed by atoms with van der Waals surface area (Å²) in [4.78, 5) is 13.2. The van der Waals surface area contributed by atoms with E-state index >= 15 is 0 Å². The normalized spacial score (nSPS) is 10.3. The third kappa shape index (κ3) is 4.53. The number of carbonyl (C=O) groups is 1. The first-order valence-corrected chi connectivity index (χ1v) is 8.17. The Bertz CT molecular complexity index is 655. The quantitative estimate of drug-likeness (QED) is 0.826. The summed E-state index contributed by atoms with van der Waals surface area (Å²) in [7, 11) is 1.64. The number of carbonyl (C=O) groups excluding carboxylic acids is 1. The van der Waals surface area contributed by atoms with Gasteiger partial charge in [-0.25, -0.2) is 0 Å². The van der Waals surface area contributed by atoms with Crippen LogP contribution in [-0.4, -0.2) is 18.8 Å². The van der Waals surface area contributed by atoms with Crippen molar-refractivity contribution in [3.63, 3.8) is 0 Å². The molecule has 0 heterocycles. The van der Waals surface area contributed by atoms with Crippen LogP contribution in [0.2, 0.25) is 0 Å². The van der Waals surface area contributed by atoms with Gasteiger partial charge in [0, 0.05) is 17.0 Å². The number of benzene rings is 2. The van der Waals surface area contributed by atoms with Gasteiger partial charge in [0.2, 0.25) is 5.91 Å². The van der Waals surface area contributed by atoms with Crippen molar-refractivity contribution < 1.29 is 9.53 Å². The fourth-order valence-electron chi connectivity index (χ4n) is 2.10. The number of amides is 1. The van der Waals surface area contributed by atoms with Crippen molar-refractivity contribution in [2.75, 3.05) is 12.9 Å². The minimum Gasteiger partial charge on any atom is -0.496 e. The molecule has 0 atom stereocenters. The summed E-state index contributed by atoms with van der Waals surface area (Å²) < 4.78 is 5.28. The first-order chi connectivity index (χ1) is 10.6. The molecule has 0 spiro atoms. The van der Waals surface area contributed by atoms with E-state index in [1.165, 1.54) is 11.1 Å². The highest BCUT2D eigenvalue weighted by molar-refractivity contribution is 8.00. The van der Waals surface area contributed by atoms with Crippen LogP contribution in [0.1, 0.15) is 16.7 Å². The lowest BCUT2D eigenvalue weighted by atomic mass is 10.2. The van der Waals surface area contributed by atoms with Crippen molar-refractivity contribution in [3.8, 4) is 5.75 Å². The number of methoxy groups -OCH3 is 1. The Morgan fingerprint density at radius 3 is 2.73 bits per heavy atom. The molecule has 0 aliphatic rings. The topological polar surface area (TPSA) is 38.3 Å². The standard InChI is InChI=1S/C18H21NO2S/c1-13-8-9-14(2)17(10-13)22-12-18(20)19-11-15-6-4-5-7-16(15)21-3/h4-10H,11-12H2,1-3H3,(H,19,20). The van der Waals surface area contributed by atoms with Gasteiger partial charge >= 0.3 is 0 Å². The molecule has 1 N–H and O–H groups in total. The number of hydrogen-bond acceptors (Lipinski definition) is 3. The average Bonchev–Trinajstić information content (AvgIpc) is 2.54. The van der Waals surface area contributed by atoms with Crippen LogP contribution in [0.4, 0.5) is 0 Å². The van der Waals surface area contributed by atoms with Crippen LogP contribution in [-0.2, 0) is 11.3 Å². The van der Waals surface area contributed by atoms with E-state index in [-0.39, 0.29) is 5.91 Å². The molecule has 0 aromatic heterocycles. The van der Waals surface area contributed by atoms with E-state index in [1.807, 2.05) is 24.3 Å². The zero-order valence-corrected chi connectivity index (χ0v) is 14.0. The maximum absolute atomic E-state index is 12.0. The van der Waals surface area contributed by atoms with Crippen LogP contribution in [0.3, 0.4) is 0 Å². The Balaban J connectivity index is 1.87. The van der Waals surface area contributed by atoms with E-state index in [1.54, 1.807) is 18.9 Å². The van der Waals surface area contributed by atoms with Gasteiger partial charge in [-0.1, -0.05) is 35.9 Å². The van der Waals surface area contributed by atoms with E-state index in [4.69, 9.17) is 4.74 Å². The molecule has 4 heteroatoms. The molecular weight excluding hydrogens is 294 g/mol. The van der Waals surface area contributed by atoms with Crippen molar-refractivity contribution in [2.45, 2.75) is 25.3 Å². The van der Waals surface area contributed by atoms with Crippen LogP contribution in [0, 0.1) is 13.8 Å². The van der Waals surface area contributed by atoms with E-state index in [0.29, 0.717) is 12.3 Å². The number of ether oxygens (including phenoxy) is 1. The first-order valence-electron chi connectivity index (χ1n) is 7.19. The van der Waals surface area contributed by atoms with Gasteiger partial charge in [-0.3, -0.25) is 4.79 Å². The summed E-state index contributed by atoms with van der Waals surface area (Å²) in [5, 5.41) is 2.94. The Morgan fingerprint density at radius 2 is 1.95 bits per heavy atom. The highest BCUT2D eigenvalue weighted by Crippen LogP contribution is 2.23. The van der Waals surface area contributed by atoms with Crippen LogP contribution in [0.5, 0.6) is 5.75 Å². The summed E-state index contributed by atoms with van der Waals surface area (Å²) in [6.45, 7) is 4.61. The predicted molar refractivity (Wildman–Crippen MR) is 91.5 cm³/mol. The fraction of sp³-hybridized carbons (Fsp3) is 0.278. The molecule has 0 saturated heterocycles. The monoisotopic (exact) mass is 315 g/mol. The molecule has 2 rings (SSSR count). The molecule has 0 aliphatic heterocycles. The van der Waals surface area contributed by atoms with Crippen molar-refractivity contribution in [1.29, 1.82) is 0 Å². The summed E-state index contributed by atoms with van der Waals surface area (Å²) >= 11 is 1.57. The molecule has 0 fully saturated rings. The third-order valence-electron chi connectivity index (χ3n) is 3.37. The molecule has 0 bridgehead atoms. The Labute approximate surface area is 136 Å². The SMILES string of the molecule is COc1ccccc1CNC(=O)CSc1cc(C)ccc1C. The number of aryl methyl sites for hydroxylation is 2. The maximum Gasteiger partial charge on any atom is 0.230 e. The van der Waals surface area contributed by atoms with Crippen LogP contribution >= 0.6 is 11.8 Å². The Kier molecular flexibility index (Phi) is 5.90. The fourth-order valence-corrected chi connectivity index (χ4v) is 3.05. The van der Waals surface area contributed by atoms with E-state index in [0.717, 1.165) is 16.2 Å². The van der Waals surface area contributed by atoms with E-state index < -0.39 is 0 Å². The number of thioether (sulfide) groups is 1. The van der Waals surface area contributed by atoms with Crippen molar-refractivity contribution in [2.24, 2.45) is 0 Å². The molecule has 0 saturated carbocycles. The third-order valence-corrected chi connectivity index (χ3v) is 4.53. The maximum atomic E-state index is 12.0. The molecule has 2 aromatic rings. The number of para-hydroxylation sites is 1. The van der Waals surface area contributed by atoms with Gasteiger partial charge < -0.3 is 10.1 Å². The van der Waals surface area contributed by atoms with Gasteiger partial charge in [0.25, 0.3) is 0 Å². The number of nitrogens with one attached hydrogen (secondary N) is 1. The smallest absolute Gasteiger partial charge is 0.230 e. The number of hydrogen-bond donors (Lipinski definition) is 1. The molecular formula is C18H21NO2S. The Morgan fingerprint density at radius 1 is 1.18 bits per heavy atom. The molecule has 1 amide bonds. The number of rotatable bonds is 6. The first kappa shape index (κ1) is 16.4. The second-order valence-corrected chi connectivity index (χ2v) is 6.16. The lowest BCUT2D eigenvalue weighted by Crippen LogP contribution is -2.24. The summed E-state index contributed by atoms with van der Waals surface area (Å²) in [6, 6.07) is 14.0. The molecule has 0 radical (unpaired) electrons. The van der Waals surface area contributed by atoms with Gasteiger partial charge in [0.15, 0.2) is 0 Å². The van der Waals surface area contributed by atoms with Crippen LogP contribution in [0.15, 0.2) is 47.4 Å². The van der Waals surface area contributed by atoms with Gasteiger partial charge in [-0.15, -0.1) is 11.8 Å². The average molecular weight is 315 g/mol. The second-order valence-electron chi connectivity index (χ2n) is 5.15. The van der Waals surface area contributed by atoms with Gasteiger partial charge in [-0.05, 0) is 31.5 Å². The Hall–Kier alpha value is -1.94. The van der Waals surface area contributed by atoms with Gasteiger partial charge in [0.05, 0.1) is 12.9 Å². The van der Waals surface area contributed by atoms with Crippen molar-refractivity contribution in [3.05, 3.63) is 59.2 Å². The summed E-state index contributed by atoms with van der Waals surface area (Å²) in [5.74, 6) is 1.24. The molecule has 22 heavy (non-hydrogen) atoms. The van der Waals surface area contributed by atoms with Crippen LogP contribution in [0.25, 0.3) is 0 Å². The molecule has 0 aliphatic carbocycles. The highest BCUT2D eigenvalue weighted by Gasteiger charge is 2.07. The van der Waals surface area contributed by atoms with Gasteiger partial charge in [-0.2, -0.15) is 0 Å². The van der Waals surface area contributed by atoms with Gasteiger partial charge in [0.1, 0.15) is 5.75 Å². The molecule has 3 nitrogen and oxygen atoms in total. The minimum atomic E-state index is 0.0248. The molecule has 116 valence electrons. The lowest BCUT2D eigenvalue weighted by Gasteiger charge is -2.10. The molecule has 2 aromatic carbocycles. The van der Waals surface area contributed by atoms with E-state index in [9.17, 15) is 4.79 Å². The summed E-state index contributed by atoms with van der Waals surface area (Å²) in [6.07, 6.45) is 0. The van der Waals surface area contributed by atoms with Crippen molar-refractivity contribution in [1.82, 2.24) is 5.32 Å². The minimum absolute atomic E-state index is 0.0248. The zero-order valence-electron chi connectivity index (χ0n) is 13.2. The zero-order chi connectivity index (χ0) is 15.9. The van der Waals surface area contributed by atoms with E-state index in [2.05, 4.69) is 37.4 Å². The largest absolute Gasteiger partial charge is 0.496 e. The lowest BCUT2D eigenvalue weighted by molar-refractivity contribution is -0.118. The van der Waals surface area contributed by atoms with Crippen LogP contribution < -0.4 is 10.1 Å². The predicted octanol–water partition coefficient (Wildman–Crippen LogP) is 3.72.